The highest BCUT2D eigenvalue weighted by Gasteiger charge is 2.01. The summed E-state index contributed by atoms with van der Waals surface area (Å²) in [6.07, 6.45) is 3.97. The highest BCUT2D eigenvalue weighted by Crippen LogP contribution is 2.01. The van der Waals surface area contributed by atoms with Gasteiger partial charge in [-0.05, 0) is 36.7 Å². The third-order valence-corrected chi connectivity index (χ3v) is 2.10. The lowest BCUT2D eigenvalue weighted by Gasteiger charge is -2.03. The lowest BCUT2D eigenvalue weighted by Crippen LogP contribution is -2.10. The summed E-state index contributed by atoms with van der Waals surface area (Å²) in [5.41, 5.74) is 0. The van der Waals surface area contributed by atoms with Crippen LogP contribution in [0.25, 0.3) is 0 Å². The van der Waals surface area contributed by atoms with Gasteiger partial charge in [-0.1, -0.05) is 32.3 Å². The van der Waals surface area contributed by atoms with Crippen molar-refractivity contribution in [1.82, 2.24) is 0 Å². The van der Waals surface area contributed by atoms with Gasteiger partial charge in [0, 0.05) is 6.92 Å². The van der Waals surface area contributed by atoms with Crippen molar-refractivity contribution in [3.05, 3.63) is 12.7 Å². The Hall–Kier alpha value is -1.71. The zero-order chi connectivity index (χ0) is 13.8. The molecule has 0 rings (SSSR count). The first-order chi connectivity index (χ1) is 8.60. The van der Waals surface area contributed by atoms with E-state index >= 15 is 0 Å². The summed E-state index contributed by atoms with van der Waals surface area (Å²) in [6.45, 7) is 6.91. The van der Waals surface area contributed by atoms with Gasteiger partial charge in [-0.3, -0.25) is 4.79 Å². The van der Waals surface area contributed by atoms with E-state index in [0.717, 1.165) is 19.3 Å². The standard InChI is InChI=1S/C15H20O3/c1-4-6-7-10-14(17)11-8-9-12-15(5-2)18-13(3)16/h5,14-15,17H,2,4,6-7,10H2,1,3H3/t14-,15+/m0/s1. The molecule has 1 N–H and O–H groups in total. The summed E-state index contributed by atoms with van der Waals surface area (Å²) in [5, 5.41) is 9.50. The minimum absolute atomic E-state index is 0.415. The molecular weight excluding hydrogens is 228 g/mol. The molecule has 0 aliphatic rings. The number of carbonyl (C=O) groups is 1. The number of rotatable bonds is 6. The van der Waals surface area contributed by atoms with Gasteiger partial charge in [0.2, 0.25) is 0 Å². The van der Waals surface area contributed by atoms with Crippen molar-refractivity contribution in [2.75, 3.05) is 0 Å². The molecule has 98 valence electrons. The third kappa shape index (κ3) is 9.51. The SMILES string of the molecule is C=C[C@H](C#CC#C[C@@H](O)CCCCC)OC(C)=O. The summed E-state index contributed by atoms with van der Waals surface area (Å²) < 4.78 is 4.83. The van der Waals surface area contributed by atoms with Crippen molar-refractivity contribution in [2.45, 2.75) is 51.7 Å². The van der Waals surface area contributed by atoms with Gasteiger partial charge in [0.05, 0.1) is 0 Å². The number of aliphatic hydroxyl groups is 1. The minimum Gasteiger partial charge on any atom is -0.445 e. The van der Waals surface area contributed by atoms with E-state index in [4.69, 9.17) is 4.74 Å². The number of unbranched alkanes of at least 4 members (excludes halogenated alkanes) is 2. The molecule has 2 atom stereocenters. The molecule has 0 aromatic rings. The second-order valence-corrected chi connectivity index (χ2v) is 3.82. The Morgan fingerprint density at radius 3 is 2.61 bits per heavy atom. The van der Waals surface area contributed by atoms with Crippen LogP contribution in [-0.4, -0.2) is 23.3 Å². The molecule has 0 unspecified atom stereocenters. The molecule has 0 radical (unpaired) electrons. The first-order valence-electron chi connectivity index (χ1n) is 6.09. The highest BCUT2D eigenvalue weighted by molar-refractivity contribution is 5.66. The van der Waals surface area contributed by atoms with Crippen LogP contribution in [0.4, 0.5) is 0 Å². The fraction of sp³-hybridized carbons (Fsp3) is 0.533. The first kappa shape index (κ1) is 16.3. The van der Waals surface area contributed by atoms with Crippen molar-refractivity contribution in [2.24, 2.45) is 0 Å². The summed E-state index contributed by atoms with van der Waals surface area (Å²) in [7, 11) is 0. The molecule has 0 aromatic carbocycles. The van der Waals surface area contributed by atoms with Crippen molar-refractivity contribution < 1.29 is 14.6 Å². The van der Waals surface area contributed by atoms with Gasteiger partial charge in [0.25, 0.3) is 0 Å². The van der Waals surface area contributed by atoms with Crippen molar-refractivity contribution in [1.29, 1.82) is 0 Å². The van der Waals surface area contributed by atoms with Crippen LogP contribution in [0.15, 0.2) is 12.7 Å². The normalized spacial score (nSPS) is 12.2. The molecule has 3 heteroatoms. The Morgan fingerprint density at radius 2 is 2.06 bits per heavy atom. The maximum atomic E-state index is 10.7. The molecule has 18 heavy (non-hydrogen) atoms. The van der Waals surface area contributed by atoms with E-state index in [-0.39, 0.29) is 0 Å². The lowest BCUT2D eigenvalue weighted by molar-refractivity contribution is -0.142. The summed E-state index contributed by atoms with van der Waals surface area (Å²) in [4.78, 5) is 10.7. The average molecular weight is 248 g/mol. The molecule has 0 bridgehead atoms. The largest absolute Gasteiger partial charge is 0.445 e. The highest BCUT2D eigenvalue weighted by atomic mass is 16.5. The van der Waals surface area contributed by atoms with Gasteiger partial charge < -0.3 is 9.84 Å². The molecule has 0 aliphatic heterocycles. The molecule has 0 aromatic heterocycles. The smallest absolute Gasteiger partial charge is 0.304 e. The number of hydrogen-bond acceptors (Lipinski definition) is 3. The van der Waals surface area contributed by atoms with E-state index in [1.165, 1.54) is 13.0 Å². The van der Waals surface area contributed by atoms with Gasteiger partial charge in [0.15, 0.2) is 6.10 Å². The zero-order valence-corrected chi connectivity index (χ0v) is 11.0. The van der Waals surface area contributed by atoms with Crippen molar-refractivity contribution in [3.8, 4) is 23.7 Å². The molecule has 0 heterocycles. The van der Waals surface area contributed by atoms with Gasteiger partial charge in [-0.15, -0.1) is 0 Å². The van der Waals surface area contributed by atoms with Crippen LogP contribution in [0.5, 0.6) is 0 Å². The molecule has 0 spiro atoms. The molecule has 0 aliphatic carbocycles. The summed E-state index contributed by atoms with van der Waals surface area (Å²) in [5.74, 6) is 9.94. The van der Waals surface area contributed by atoms with E-state index < -0.39 is 18.2 Å². The maximum Gasteiger partial charge on any atom is 0.304 e. The fourth-order valence-electron chi connectivity index (χ4n) is 1.20. The van der Waals surface area contributed by atoms with Crippen LogP contribution in [0.1, 0.15) is 39.5 Å². The molecule has 0 amide bonds. The van der Waals surface area contributed by atoms with Crippen LogP contribution in [0.3, 0.4) is 0 Å². The van der Waals surface area contributed by atoms with Gasteiger partial charge in [-0.2, -0.15) is 0 Å². The first-order valence-corrected chi connectivity index (χ1v) is 6.09. The van der Waals surface area contributed by atoms with Gasteiger partial charge in [0.1, 0.15) is 6.10 Å². The lowest BCUT2D eigenvalue weighted by atomic mass is 10.1. The quantitative estimate of drug-likeness (QED) is 0.339. The third-order valence-electron chi connectivity index (χ3n) is 2.10. The van der Waals surface area contributed by atoms with Crippen LogP contribution >= 0.6 is 0 Å². The maximum absolute atomic E-state index is 10.7. The number of aliphatic hydroxyl groups excluding tert-OH is 1. The Labute approximate surface area is 109 Å². The number of hydrogen-bond donors (Lipinski definition) is 1. The number of carbonyl (C=O) groups excluding carboxylic acids is 1. The predicted molar refractivity (Wildman–Crippen MR) is 71.5 cm³/mol. The number of ether oxygens (including phenoxy) is 1. The number of esters is 1. The molecule has 3 nitrogen and oxygen atoms in total. The van der Waals surface area contributed by atoms with Gasteiger partial charge in [-0.25, -0.2) is 0 Å². The summed E-state index contributed by atoms with van der Waals surface area (Å²) >= 11 is 0. The average Bonchev–Trinajstić information content (AvgIpc) is 2.33. The minimum atomic E-state index is -0.644. The topological polar surface area (TPSA) is 46.5 Å². The van der Waals surface area contributed by atoms with Crippen LogP contribution in [0, 0.1) is 23.7 Å². The molecule has 0 saturated heterocycles. The van der Waals surface area contributed by atoms with E-state index in [1.807, 2.05) is 0 Å². The summed E-state index contributed by atoms with van der Waals surface area (Å²) in [6, 6.07) is 0. The van der Waals surface area contributed by atoms with Crippen molar-refractivity contribution >= 4 is 5.97 Å². The van der Waals surface area contributed by atoms with Crippen LogP contribution in [-0.2, 0) is 9.53 Å². The molecule has 0 fully saturated rings. The van der Waals surface area contributed by atoms with E-state index in [0.29, 0.717) is 6.42 Å². The predicted octanol–water partition coefficient (Wildman–Crippen LogP) is 2.05. The molecule has 0 saturated carbocycles. The van der Waals surface area contributed by atoms with E-state index in [1.54, 1.807) is 0 Å². The Morgan fingerprint density at radius 1 is 1.39 bits per heavy atom. The molecular formula is C15H20O3. The van der Waals surface area contributed by atoms with Crippen LogP contribution < -0.4 is 0 Å². The second kappa shape index (κ2) is 10.4. The van der Waals surface area contributed by atoms with E-state index in [9.17, 15) is 9.90 Å². The Bertz CT molecular complexity index is 376. The van der Waals surface area contributed by atoms with Crippen molar-refractivity contribution in [3.63, 3.8) is 0 Å². The van der Waals surface area contributed by atoms with Crippen LogP contribution in [0.2, 0.25) is 0 Å². The Balaban J connectivity index is 4.13. The van der Waals surface area contributed by atoms with E-state index in [2.05, 4.69) is 37.2 Å². The van der Waals surface area contributed by atoms with Gasteiger partial charge >= 0.3 is 5.97 Å². The second-order valence-electron chi connectivity index (χ2n) is 3.82. The Kier molecular flexibility index (Phi) is 9.45. The monoisotopic (exact) mass is 248 g/mol. The zero-order valence-electron chi connectivity index (χ0n) is 11.0. The fourth-order valence-corrected chi connectivity index (χ4v) is 1.20.